The molecule has 5 nitrogen and oxygen atoms in total. The molecule has 0 fully saturated rings. The molecule has 0 atom stereocenters. The Labute approximate surface area is 138 Å². The van der Waals surface area contributed by atoms with E-state index in [2.05, 4.69) is 5.32 Å². The first-order valence-electron chi connectivity index (χ1n) is 7.35. The van der Waals surface area contributed by atoms with Gasteiger partial charge >= 0.3 is 5.97 Å². The van der Waals surface area contributed by atoms with Gasteiger partial charge in [-0.2, -0.15) is 0 Å². The summed E-state index contributed by atoms with van der Waals surface area (Å²) in [5.41, 5.74) is 1.49. The molecular weight excluding hydrogens is 314 g/mol. The first kappa shape index (κ1) is 17.0. The van der Waals surface area contributed by atoms with Gasteiger partial charge in [-0.3, -0.25) is 4.79 Å². The molecule has 0 bridgehead atoms. The Kier molecular flexibility index (Phi) is 5.76. The zero-order chi connectivity index (χ0) is 16.8. The van der Waals surface area contributed by atoms with E-state index in [0.29, 0.717) is 22.7 Å². The summed E-state index contributed by atoms with van der Waals surface area (Å²) in [7, 11) is 1.58. The summed E-state index contributed by atoms with van der Waals surface area (Å²) in [6, 6.07) is 7.16. The van der Waals surface area contributed by atoms with Gasteiger partial charge in [-0.25, -0.2) is 4.79 Å². The van der Waals surface area contributed by atoms with E-state index in [0.717, 1.165) is 18.4 Å². The fraction of sp³-hybridized carbons (Fsp3) is 0.294. The Bertz CT molecular complexity index is 691. The molecule has 0 aliphatic heterocycles. The van der Waals surface area contributed by atoms with Crippen molar-refractivity contribution in [2.24, 2.45) is 0 Å². The number of unbranched alkanes of at least 4 members (excludes halogenated alkanes) is 1. The van der Waals surface area contributed by atoms with Crippen LogP contribution >= 0.6 is 11.3 Å². The van der Waals surface area contributed by atoms with Crippen molar-refractivity contribution < 1.29 is 19.4 Å². The highest BCUT2D eigenvalue weighted by atomic mass is 32.1. The van der Waals surface area contributed by atoms with Crippen molar-refractivity contribution in [3.63, 3.8) is 0 Å². The smallest absolute Gasteiger partial charge is 0.339 e. The number of carboxylic acid groups (broad SMARTS) is 1. The van der Waals surface area contributed by atoms with Gasteiger partial charge in [-0.15, -0.1) is 11.3 Å². The summed E-state index contributed by atoms with van der Waals surface area (Å²) in [4.78, 5) is 23.5. The van der Waals surface area contributed by atoms with Crippen LogP contribution in [0.3, 0.4) is 0 Å². The fourth-order valence-corrected chi connectivity index (χ4v) is 3.15. The molecule has 1 heterocycles. The van der Waals surface area contributed by atoms with E-state index in [1.54, 1.807) is 36.8 Å². The largest absolute Gasteiger partial charge is 0.497 e. The number of hydrogen-bond acceptors (Lipinski definition) is 4. The van der Waals surface area contributed by atoms with Crippen LogP contribution in [0.2, 0.25) is 0 Å². The molecule has 0 aliphatic rings. The lowest BCUT2D eigenvalue weighted by Gasteiger charge is -2.06. The summed E-state index contributed by atoms with van der Waals surface area (Å²) in [5, 5.41) is 14.4. The van der Waals surface area contributed by atoms with Crippen LogP contribution in [-0.2, 0) is 4.79 Å². The third-order valence-electron chi connectivity index (χ3n) is 3.42. The minimum Gasteiger partial charge on any atom is -0.497 e. The highest BCUT2D eigenvalue weighted by Crippen LogP contribution is 2.36. The maximum Gasteiger partial charge on any atom is 0.339 e. The van der Waals surface area contributed by atoms with Crippen LogP contribution in [0.25, 0.3) is 11.1 Å². The number of benzene rings is 1. The first-order chi connectivity index (χ1) is 11.1. The van der Waals surface area contributed by atoms with E-state index in [9.17, 15) is 14.7 Å². The van der Waals surface area contributed by atoms with Crippen LogP contribution in [0.5, 0.6) is 5.75 Å². The number of hydrogen-bond donors (Lipinski definition) is 2. The quantitative estimate of drug-likeness (QED) is 0.794. The number of nitrogens with one attached hydrogen (secondary N) is 1. The van der Waals surface area contributed by atoms with Crippen LogP contribution in [-0.4, -0.2) is 24.1 Å². The lowest BCUT2D eigenvalue weighted by Crippen LogP contribution is -2.12. The van der Waals surface area contributed by atoms with Gasteiger partial charge in [0, 0.05) is 17.4 Å². The normalized spacial score (nSPS) is 10.3. The van der Waals surface area contributed by atoms with Crippen LogP contribution < -0.4 is 10.1 Å². The number of aromatic carboxylic acids is 1. The lowest BCUT2D eigenvalue weighted by atomic mass is 10.0. The Morgan fingerprint density at radius 2 is 1.96 bits per heavy atom. The van der Waals surface area contributed by atoms with Gasteiger partial charge in [0.1, 0.15) is 16.3 Å². The van der Waals surface area contributed by atoms with Crippen LogP contribution in [0.15, 0.2) is 29.6 Å². The molecule has 2 rings (SSSR count). The van der Waals surface area contributed by atoms with Crippen LogP contribution in [0, 0.1) is 0 Å². The zero-order valence-electron chi connectivity index (χ0n) is 13.1. The Morgan fingerprint density at radius 1 is 1.26 bits per heavy atom. The molecule has 2 aromatic rings. The highest BCUT2D eigenvalue weighted by Gasteiger charge is 2.20. The second-order valence-corrected chi connectivity index (χ2v) is 5.92. The monoisotopic (exact) mass is 333 g/mol. The van der Waals surface area contributed by atoms with E-state index in [-0.39, 0.29) is 11.5 Å². The van der Waals surface area contributed by atoms with Gasteiger partial charge in [0.2, 0.25) is 5.91 Å². The van der Waals surface area contributed by atoms with E-state index in [4.69, 9.17) is 4.74 Å². The van der Waals surface area contributed by atoms with Crippen LogP contribution in [0.1, 0.15) is 36.5 Å². The van der Waals surface area contributed by atoms with Gasteiger partial charge in [0.15, 0.2) is 0 Å². The summed E-state index contributed by atoms with van der Waals surface area (Å²) < 4.78 is 5.11. The number of carboxylic acids is 1. The molecule has 1 aromatic carbocycles. The van der Waals surface area contributed by atoms with Gasteiger partial charge < -0.3 is 15.2 Å². The topological polar surface area (TPSA) is 75.6 Å². The Balaban J connectivity index is 2.30. The van der Waals surface area contributed by atoms with E-state index in [1.165, 1.54) is 11.3 Å². The molecule has 2 N–H and O–H groups in total. The van der Waals surface area contributed by atoms with Gasteiger partial charge in [0.05, 0.1) is 7.11 Å². The minimum atomic E-state index is -1.05. The van der Waals surface area contributed by atoms with Crippen molar-refractivity contribution in [1.29, 1.82) is 0 Å². The van der Waals surface area contributed by atoms with Crippen molar-refractivity contribution in [1.82, 2.24) is 0 Å². The molecule has 23 heavy (non-hydrogen) atoms. The number of amides is 1. The molecule has 6 heteroatoms. The molecule has 0 saturated carbocycles. The summed E-state index contributed by atoms with van der Waals surface area (Å²) in [6.45, 7) is 2.00. The van der Waals surface area contributed by atoms with Crippen molar-refractivity contribution in [2.75, 3.05) is 12.4 Å². The first-order valence-corrected chi connectivity index (χ1v) is 8.23. The van der Waals surface area contributed by atoms with E-state index >= 15 is 0 Å². The second-order valence-electron chi connectivity index (χ2n) is 5.04. The second kappa shape index (κ2) is 7.78. The van der Waals surface area contributed by atoms with Crippen molar-refractivity contribution in [2.45, 2.75) is 26.2 Å². The number of carbonyl (C=O) groups is 2. The average molecular weight is 333 g/mol. The summed E-state index contributed by atoms with van der Waals surface area (Å²) in [5.74, 6) is -0.505. The number of carbonyl (C=O) groups excluding carboxylic acids is 1. The lowest BCUT2D eigenvalue weighted by molar-refractivity contribution is -0.116. The Morgan fingerprint density at radius 3 is 2.52 bits per heavy atom. The Hall–Kier alpha value is -2.34. The maximum atomic E-state index is 11.9. The van der Waals surface area contributed by atoms with E-state index in [1.807, 2.05) is 6.92 Å². The molecule has 0 spiro atoms. The average Bonchev–Trinajstić information content (AvgIpc) is 2.96. The predicted octanol–water partition coefficient (Wildman–Crippen LogP) is 4.25. The summed E-state index contributed by atoms with van der Waals surface area (Å²) >= 11 is 1.23. The van der Waals surface area contributed by atoms with Crippen LogP contribution in [0.4, 0.5) is 5.00 Å². The number of methoxy groups -OCH3 is 1. The molecule has 0 radical (unpaired) electrons. The standard InChI is InChI=1S/C17H19NO4S/c1-3-4-5-14(19)18-16-15(17(20)21)13(10-23-16)11-6-8-12(22-2)9-7-11/h6-10H,3-5H2,1-2H3,(H,18,19)(H,20,21). The molecule has 0 aliphatic carbocycles. The number of thiophene rings is 1. The highest BCUT2D eigenvalue weighted by molar-refractivity contribution is 7.15. The third kappa shape index (κ3) is 4.10. The van der Waals surface area contributed by atoms with Crippen molar-refractivity contribution >= 4 is 28.2 Å². The molecule has 0 unspecified atom stereocenters. The molecule has 0 saturated heterocycles. The van der Waals surface area contributed by atoms with Gasteiger partial charge in [-0.1, -0.05) is 25.5 Å². The molecular formula is C17H19NO4S. The molecule has 1 amide bonds. The SMILES string of the molecule is CCCCC(=O)Nc1scc(-c2ccc(OC)cc2)c1C(=O)O. The van der Waals surface area contributed by atoms with Gasteiger partial charge in [0.25, 0.3) is 0 Å². The fourth-order valence-electron chi connectivity index (χ4n) is 2.17. The minimum absolute atomic E-state index is 0.130. The summed E-state index contributed by atoms with van der Waals surface area (Å²) in [6.07, 6.45) is 2.09. The van der Waals surface area contributed by atoms with E-state index < -0.39 is 5.97 Å². The predicted molar refractivity (Wildman–Crippen MR) is 91.4 cm³/mol. The number of rotatable bonds is 7. The number of ether oxygens (including phenoxy) is 1. The van der Waals surface area contributed by atoms with Crippen molar-refractivity contribution in [3.8, 4) is 16.9 Å². The molecule has 1 aromatic heterocycles. The van der Waals surface area contributed by atoms with Crippen molar-refractivity contribution in [3.05, 3.63) is 35.2 Å². The zero-order valence-corrected chi connectivity index (χ0v) is 13.9. The third-order valence-corrected chi connectivity index (χ3v) is 4.31. The molecule has 122 valence electrons. The maximum absolute atomic E-state index is 11.9. The number of anilines is 1. The van der Waals surface area contributed by atoms with Gasteiger partial charge in [-0.05, 0) is 24.1 Å².